The molecule has 2 fully saturated rings. The van der Waals surface area contributed by atoms with Crippen LogP contribution in [-0.4, -0.2) is 51.2 Å². The summed E-state index contributed by atoms with van der Waals surface area (Å²) in [5.41, 5.74) is 8.38. The van der Waals surface area contributed by atoms with E-state index in [1.54, 1.807) is 16.3 Å². The van der Waals surface area contributed by atoms with Gasteiger partial charge in [-0.25, -0.2) is 9.36 Å². The van der Waals surface area contributed by atoms with E-state index in [2.05, 4.69) is 28.1 Å². The number of nitrogens with one attached hydrogen (secondary N) is 1. The number of benzene rings is 1. The topological polar surface area (TPSA) is 101 Å². The molecule has 1 saturated carbocycles. The van der Waals surface area contributed by atoms with Crippen LogP contribution in [0.25, 0.3) is 10.8 Å². The van der Waals surface area contributed by atoms with Crippen LogP contribution in [0.4, 0.5) is 11.4 Å². The van der Waals surface area contributed by atoms with Gasteiger partial charge in [0.2, 0.25) is 0 Å². The molecule has 1 saturated heterocycles. The van der Waals surface area contributed by atoms with E-state index in [1.165, 1.54) is 0 Å². The van der Waals surface area contributed by atoms with Gasteiger partial charge in [0.15, 0.2) is 6.29 Å². The molecule has 3 N–H and O–H groups in total. The molecule has 2 aliphatic heterocycles. The monoisotopic (exact) mass is 513 g/mol. The van der Waals surface area contributed by atoms with Crippen LogP contribution >= 0.6 is 0 Å². The van der Waals surface area contributed by atoms with Crippen molar-refractivity contribution in [2.45, 2.75) is 65.0 Å². The zero-order chi connectivity index (χ0) is 26.4. The van der Waals surface area contributed by atoms with E-state index >= 15 is 0 Å². The molecular weight excluding hydrogens is 478 g/mol. The summed E-state index contributed by atoms with van der Waals surface area (Å²) in [5.74, 6) is 6.49. The van der Waals surface area contributed by atoms with E-state index < -0.39 is 0 Å². The second kappa shape index (κ2) is 9.93. The van der Waals surface area contributed by atoms with E-state index in [9.17, 15) is 9.59 Å². The Bertz CT molecular complexity index is 1560. The van der Waals surface area contributed by atoms with Crippen LogP contribution in [0.2, 0.25) is 0 Å². The molecule has 2 aromatic heterocycles. The highest BCUT2D eigenvalue weighted by molar-refractivity contribution is 5.85. The maximum absolute atomic E-state index is 14.3. The highest BCUT2D eigenvalue weighted by Gasteiger charge is 2.40. The Kier molecular flexibility index (Phi) is 6.46. The molecule has 0 amide bonds. The zero-order valence-corrected chi connectivity index (χ0v) is 22.1. The Morgan fingerprint density at radius 2 is 1.95 bits per heavy atom. The van der Waals surface area contributed by atoms with Crippen LogP contribution in [0.15, 0.2) is 39.9 Å². The van der Waals surface area contributed by atoms with Crippen molar-refractivity contribution < 1.29 is 0 Å². The van der Waals surface area contributed by atoms with Crippen LogP contribution in [0.5, 0.6) is 0 Å². The Labute approximate surface area is 222 Å². The average Bonchev–Trinajstić information content (AvgIpc) is 3.65. The second-order valence-corrected chi connectivity index (χ2v) is 10.8. The Morgan fingerprint density at radius 3 is 2.71 bits per heavy atom. The van der Waals surface area contributed by atoms with Crippen molar-refractivity contribution >= 4 is 22.1 Å². The third kappa shape index (κ3) is 4.48. The molecule has 9 heteroatoms. The third-order valence-electron chi connectivity index (χ3n) is 7.91. The summed E-state index contributed by atoms with van der Waals surface area (Å²) in [6, 6.07) is 10.2. The smallest absolute Gasteiger partial charge is 0.291 e. The number of rotatable bonds is 6. The molecule has 4 heterocycles. The lowest BCUT2D eigenvalue weighted by Crippen LogP contribution is -2.56. The fourth-order valence-corrected chi connectivity index (χ4v) is 5.85. The summed E-state index contributed by atoms with van der Waals surface area (Å²) in [6.07, 6.45) is 3.77. The fraction of sp³-hybridized carbons (Fsp3) is 0.483. The number of aromatic nitrogens is 3. The number of fused-ring (bicyclic) bond motifs is 2. The van der Waals surface area contributed by atoms with Crippen molar-refractivity contribution in [2.75, 3.05) is 29.9 Å². The maximum atomic E-state index is 14.3. The number of likely N-dealkylation sites (tertiary alicyclic amines) is 1. The van der Waals surface area contributed by atoms with Crippen LogP contribution in [0, 0.1) is 24.7 Å². The normalized spacial score (nSPS) is 21.2. The van der Waals surface area contributed by atoms with Gasteiger partial charge in [-0.05, 0) is 56.9 Å². The van der Waals surface area contributed by atoms with E-state index in [0.29, 0.717) is 36.9 Å². The third-order valence-corrected chi connectivity index (χ3v) is 7.91. The van der Waals surface area contributed by atoms with E-state index in [4.69, 9.17) is 10.7 Å². The quantitative estimate of drug-likeness (QED) is 0.488. The van der Waals surface area contributed by atoms with E-state index in [1.807, 2.05) is 36.1 Å². The van der Waals surface area contributed by atoms with Gasteiger partial charge in [0.25, 0.3) is 11.1 Å². The lowest BCUT2D eigenvalue weighted by atomic mass is 10.1. The number of piperidine rings is 1. The standard InChI is InChI=1S/C29H35N7O2/c1-3-4-14-34-26-25(32-29(34)33-13-7-9-22(30)17-33)27(37)35(16-20-11-12-20)36(28(26)38)18-24-23-10-6-5-8-21(23)15-19(2)31-24/h5-6,8,10,15,20,22,29,32H,7,9,11-14,16-18,30H2,1-2H3. The molecule has 0 radical (unpaired) electrons. The molecular formula is C29H35N7O2. The number of anilines is 2. The van der Waals surface area contributed by atoms with Crippen LogP contribution in [0.3, 0.4) is 0 Å². The molecule has 38 heavy (non-hydrogen) atoms. The van der Waals surface area contributed by atoms with Gasteiger partial charge in [0.1, 0.15) is 11.4 Å². The van der Waals surface area contributed by atoms with Gasteiger partial charge in [-0.1, -0.05) is 30.2 Å². The van der Waals surface area contributed by atoms with Gasteiger partial charge in [0.05, 0.1) is 18.8 Å². The summed E-state index contributed by atoms with van der Waals surface area (Å²) in [6.45, 7) is 6.40. The fourth-order valence-electron chi connectivity index (χ4n) is 5.85. The summed E-state index contributed by atoms with van der Waals surface area (Å²) in [4.78, 5) is 37.4. The largest absolute Gasteiger partial charge is 0.346 e. The van der Waals surface area contributed by atoms with Crippen molar-refractivity contribution in [3.63, 3.8) is 0 Å². The summed E-state index contributed by atoms with van der Waals surface area (Å²) in [7, 11) is 0. The van der Waals surface area contributed by atoms with Crippen LogP contribution < -0.4 is 27.1 Å². The van der Waals surface area contributed by atoms with Gasteiger partial charge < -0.3 is 16.0 Å². The maximum Gasteiger partial charge on any atom is 0.291 e. The second-order valence-electron chi connectivity index (χ2n) is 10.8. The first-order chi connectivity index (χ1) is 18.4. The molecule has 6 rings (SSSR count). The number of nitrogens with zero attached hydrogens (tertiary/aromatic N) is 5. The predicted octanol–water partition coefficient (Wildman–Crippen LogP) is 2.29. The Balaban J connectivity index is 1.50. The van der Waals surface area contributed by atoms with Gasteiger partial charge in [-0.3, -0.25) is 19.5 Å². The van der Waals surface area contributed by atoms with Crippen LogP contribution in [0.1, 0.15) is 44.0 Å². The first-order valence-electron chi connectivity index (χ1n) is 13.6. The molecule has 198 valence electrons. The number of nitrogens with two attached hydrogens (primary N) is 1. The predicted molar refractivity (Wildman–Crippen MR) is 150 cm³/mol. The number of pyridine rings is 1. The number of hydrogen-bond acceptors (Lipinski definition) is 7. The summed E-state index contributed by atoms with van der Waals surface area (Å²) < 4.78 is 3.27. The lowest BCUT2D eigenvalue weighted by Gasteiger charge is -2.39. The number of hydrogen-bond donors (Lipinski definition) is 2. The van der Waals surface area contributed by atoms with Crippen LogP contribution in [-0.2, 0) is 13.1 Å². The minimum Gasteiger partial charge on any atom is -0.346 e. The van der Waals surface area contributed by atoms with Gasteiger partial charge in [0, 0.05) is 36.8 Å². The van der Waals surface area contributed by atoms with Crippen molar-refractivity contribution in [2.24, 2.45) is 11.7 Å². The van der Waals surface area contributed by atoms with Crippen molar-refractivity contribution in [3.8, 4) is 11.8 Å². The van der Waals surface area contributed by atoms with E-state index in [-0.39, 0.29) is 30.0 Å². The molecule has 2 atom stereocenters. The highest BCUT2D eigenvalue weighted by Crippen LogP contribution is 2.33. The molecule has 3 aromatic rings. The summed E-state index contributed by atoms with van der Waals surface area (Å²) >= 11 is 0. The van der Waals surface area contributed by atoms with Gasteiger partial charge in [-0.15, -0.1) is 5.92 Å². The SMILES string of the molecule is CC#CCN1c2c(c(=O)n(CC3CC3)n(Cc3nc(C)cc4ccccc34)c2=O)NC1N1CCCC(N)C1. The van der Waals surface area contributed by atoms with E-state index in [0.717, 1.165) is 54.4 Å². The van der Waals surface area contributed by atoms with Crippen molar-refractivity contribution in [1.29, 1.82) is 0 Å². The minimum atomic E-state index is -0.333. The summed E-state index contributed by atoms with van der Waals surface area (Å²) in [5, 5.41) is 5.48. The first-order valence-corrected chi connectivity index (χ1v) is 13.6. The van der Waals surface area contributed by atoms with Gasteiger partial charge in [-0.2, -0.15) is 0 Å². The lowest BCUT2D eigenvalue weighted by molar-refractivity contribution is 0.165. The highest BCUT2D eigenvalue weighted by atomic mass is 16.2. The Hall–Kier alpha value is -3.61. The molecule has 1 aromatic carbocycles. The van der Waals surface area contributed by atoms with Crippen molar-refractivity contribution in [3.05, 3.63) is 62.4 Å². The zero-order valence-electron chi connectivity index (χ0n) is 22.1. The molecule has 3 aliphatic rings. The van der Waals surface area contributed by atoms with Gasteiger partial charge >= 0.3 is 0 Å². The first kappa shape index (κ1) is 24.7. The molecule has 2 unspecified atom stereocenters. The molecule has 1 aliphatic carbocycles. The molecule has 0 bridgehead atoms. The minimum absolute atomic E-state index is 0.0669. The molecule has 9 nitrogen and oxygen atoms in total. The molecule has 0 spiro atoms. The average molecular weight is 514 g/mol. The van der Waals surface area contributed by atoms with Crippen molar-refractivity contribution in [1.82, 2.24) is 19.2 Å². The Morgan fingerprint density at radius 1 is 1.13 bits per heavy atom. The number of aryl methyl sites for hydroxylation is 1.